The molecule has 0 unspecified atom stereocenters. The number of amides is 1. The number of hydrogen-bond acceptors (Lipinski definition) is 7. The predicted octanol–water partition coefficient (Wildman–Crippen LogP) is 4.15. The van der Waals surface area contributed by atoms with Crippen LogP contribution in [0.4, 0.5) is 10.1 Å². The van der Waals surface area contributed by atoms with Gasteiger partial charge in [0.2, 0.25) is 0 Å². The molecule has 0 aliphatic rings. The molecule has 4 rings (SSSR count). The van der Waals surface area contributed by atoms with Crippen LogP contribution in [0, 0.1) is 12.7 Å². The van der Waals surface area contributed by atoms with Gasteiger partial charge < -0.3 is 10.1 Å². The van der Waals surface area contributed by atoms with Crippen molar-refractivity contribution in [1.29, 1.82) is 0 Å². The summed E-state index contributed by atoms with van der Waals surface area (Å²) in [5.41, 5.74) is 1.83. The van der Waals surface area contributed by atoms with E-state index < -0.39 is 33.8 Å². The maximum Gasteiger partial charge on any atom is 0.328 e. The Bertz CT molecular complexity index is 1640. The van der Waals surface area contributed by atoms with Crippen molar-refractivity contribution >= 4 is 54.6 Å². The van der Waals surface area contributed by atoms with E-state index in [0.29, 0.717) is 16.6 Å². The maximum absolute atomic E-state index is 13.6. The fourth-order valence-electron chi connectivity index (χ4n) is 3.80. The monoisotopic (exact) mass is 600 g/mol. The van der Waals surface area contributed by atoms with Crippen molar-refractivity contribution in [2.75, 3.05) is 11.8 Å². The van der Waals surface area contributed by atoms with Crippen LogP contribution in [0.2, 0.25) is 0 Å². The van der Waals surface area contributed by atoms with Crippen LogP contribution in [-0.4, -0.2) is 43.4 Å². The molecule has 4 aromatic rings. The maximum atomic E-state index is 13.6. The summed E-state index contributed by atoms with van der Waals surface area (Å²) in [6.07, 6.45) is 2.86. The first-order chi connectivity index (χ1) is 18.1. The Labute approximate surface area is 226 Å². The highest BCUT2D eigenvalue weighted by molar-refractivity contribution is 9.10. The van der Waals surface area contributed by atoms with E-state index in [0.717, 1.165) is 0 Å². The van der Waals surface area contributed by atoms with Crippen LogP contribution in [0.3, 0.4) is 0 Å². The number of ether oxygens (including phenoxy) is 1. The van der Waals surface area contributed by atoms with Gasteiger partial charge in [-0.2, -0.15) is 0 Å². The normalized spacial score (nSPS) is 12.1. The molecule has 0 saturated heterocycles. The number of aromatic nitrogens is 2. The number of para-hydroxylation sites is 1. The topological polar surface area (TPSA) is 127 Å². The van der Waals surface area contributed by atoms with E-state index in [1.165, 1.54) is 55.9 Å². The molecule has 0 aliphatic heterocycles. The molecule has 3 aromatic carbocycles. The summed E-state index contributed by atoms with van der Waals surface area (Å²) in [6, 6.07) is 12.3. The van der Waals surface area contributed by atoms with Gasteiger partial charge in [0.1, 0.15) is 22.3 Å². The van der Waals surface area contributed by atoms with Crippen molar-refractivity contribution in [2.24, 2.45) is 0 Å². The zero-order valence-electron chi connectivity index (χ0n) is 20.2. The molecule has 196 valence electrons. The second kappa shape index (κ2) is 11.2. The second-order valence-electron chi connectivity index (χ2n) is 8.34. The fraction of sp³-hybridized carbons (Fsp3) is 0.154. The minimum absolute atomic E-state index is 0.0107. The Kier molecular flexibility index (Phi) is 8.02. The molecular formula is C26H22BrFN4O5S. The van der Waals surface area contributed by atoms with Gasteiger partial charge in [-0.1, -0.05) is 18.2 Å². The number of anilines is 1. The number of hydrogen-bond donors (Lipinski definition) is 2. The van der Waals surface area contributed by atoms with Gasteiger partial charge in [0.15, 0.2) is 0 Å². The molecule has 38 heavy (non-hydrogen) atoms. The molecule has 12 heteroatoms. The summed E-state index contributed by atoms with van der Waals surface area (Å²) in [6.45, 7) is 1.74. The Morgan fingerprint density at radius 1 is 1.08 bits per heavy atom. The van der Waals surface area contributed by atoms with Gasteiger partial charge in [0, 0.05) is 18.8 Å². The van der Waals surface area contributed by atoms with Crippen LogP contribution in [-0.2, 0) is 26.0 Å². The standard InChI is InChI=1S/C26H22BrFN4O5S/c1-15-6-8-17(25(33)31-22(26(34)37-2)14-16-7-9-19(28)18(27)13-16)21(12-15)32-38(35,36)23-5-3-4-20-24(23)30-11-10-29-20/h3-13,22,32H,14H2,1-2H3,(H,31,33)/t22-/m0/s1. The lowest BCUT2D eigenvalue weighted by Crippen LogP contribution is -2.43. The average molecular weight is 601 g/mol. The molecule has 9 nitrogen and oxygen atoms in total. The van der Waals surface area contributed by atoms with Crippen molar-refractivity contribution < 1.29 is 27.1 Å². The van der Waals surface area contributed by atoms with Crippen molar-refractivity contribution in [3.05, 3.63) is 94.0 Å². The minimum atomic E-state index is -4.18. The Hall–Kier alpha value is -3.90. The van der Waals surface area contributed by atoms with Crippen LogP contribution in [0.25, 0.3) is 11.0 Å². The van der Waals surface area contributed by atoms with Crippen LogP contribution >= 0.6 is 15.9 Å². The number of nitrogens with zero attached hydrogens (tertiary/aromatic N) is 2. The highest BCUT2D eigenvalue weighted by Crippen LogP contribution is 2.25. The Morgan fingerprint density at radius 2 is 1.84 bits per heavy atom. The third-order valence-corrected chi connectivity index (χ3v) is 7.63. The van der Waals surface area contributed by atoms with Crippen LogP contribution in [0.5, 0.6) is 0 Å². The zero-order valence-corrected chi connectivity index (χ0v) is 22.6. The SMILES string of the molecule is COC(=O)[C@H](Cc1ccc(F)c(Br)c1)NC(=O)c1ccc(C)cc1NS(=O)(=O)c1cccc2nccnc12. The molecular weight excluding hydrogens is 579 g/mol. The fourth-order valence-corrected chi connectivity index (χ4v) is 5.46. The Morgan fingerprint density at radius 3 is 2.58 bits per heavy atom. The van der Waals surface area contributed by atoms with E-state index in [4.69, 9.17) is 4.74 Å². The number of esters is 1. The summed E-state index contributed by atoms with van der Waals surface area (Å²) >= 11 is 3.10. The third-order valence-electron chi connectivity index (χ3n) is 5.63. The number of fused-ring (bicyclic) bond motifs is 1. The zero-order chi connectivity index (χ0) is 27.4. The van der Waals surface area contributed by atoms with Gasteiger partial charge in [-0.3, -0.25) is 19.5 Å². The molecule has 1 atom stereocenters. The van der Waals surface area contributed by atoms with Crippen molar-refractivity contribution in [1.82, 2.24) is 15.3 Å². The van der Waals surface area contributed by atoms with Crippen molar-refractivity contribution in [2.45, 2.75) is 24.3 Å². The first kappa shape index (κ1) is 27.1. The number of methoxy groups -OCH3 is 1. The summed E-state index contributed by atoms with van der Waals surface area (Å²) in [5, 5.41) is 2.60. The number of carbonyl (C=O) groups excluding carboxylic acids is 2. The molecule has 0 saturated carbocycles. The molecule has 0 spiro atoms. The molecule has 1 heterocycles. The molecule has 2 N–H and O–H groups in total. The molecule has 1 aromatic heterocycles. The number of benzene rings is 3. The molecule has 0 fully saturated rings. The lowest BCUT2D eigenvalue weighted by atomic mass is 10.0. The highest BCUT2D eigenvalue weighted by atomic mass is 79.9. The number of rotatable bonds is 8. The predicted molar refractivity (Wildman–Crippen MR) is 143 cm³/mol. The number of carbonyl (C=O) groups is 2. The summed E-state index contributed by atoms with van der Waals surface area (Å²) in [5.74, 6) is -1.90. The minimum Gasteiger partial charge on any atom is -0.467 e. The van der Waals surface area contributed by atoms with Crippen molar-refractivity contribution in [3.8, 4) is 0 Å². The lowest BCUT2D eigenvalue weighted by Gasteiger charge is -2.19. The second-order valence-corrected chi connectivity index (χ2v) is 10.8. The average Bonchev–Trinajstić information content (AvgIpc) is 2.89. The van der Waals surface area contributed by atoms with E-state index in [2.05, 4.69) is 35.9 Å². The highest BCUT2D eigenvalue weighted by Gasteiger charge is 2.26. The van der Waals surface area contributed by atoms with E-state index in [1.807, 2.05) is 0 Å². The van der Waals surface area contributed by atoms with E-state index in [1.54, 1.807) is 25.1 Å². The number of sulfonamides is 1. The molecule has 0 aliphatic carbocycles. The third kappa shape index (κ3) is 5.97. The van der Waals surface area contributed by atoms with E-state index >= 15 is 0 Å². The number of nitrogens with one attached hydrogen (secondary N) is 2. The number of aryl methyl sites for hydroxylation is 1. The summed E-state index contributed by atoms with van der Waals surface area (Å²) in [7, 11) is -3.00. The Balaban J connectivity index is 1.65. The molecule has 0 radical (unpaired) electrons. The van der Waals surface area contributed by atoms with Crippen LogP contribution in [0.15, 0.2) is 76.4 Å². The van der Waals surface area contributed by atoms with E-state index in [9.17, 15) is 22.4 Å². The first-order valence-corrected chi connectivity index (χ1v) is 13.5. The van der Waals surface area contributed by atoms with Gasteiger partial charge in [-0.15, -0.1) is 0 Å². The quantitative estimate of drug-likeness (QED) is 0.291. The summed E-state index contributed by atoms with van der Waals surface area (Å²) < 4.78 is 47.9. The largest absolute Gasteiger partial charge is 0.467 e. The van der Waals surface area contributed by atoms with Crippen LogP contribution < -0.4 is 10.0 Å². The van der Waals surface area contributed by atoms with Gasteiger partial charge in [0.05, 0.1) is 28.4 Å². The molecule has 1 amide bonds. The first-order valence-electron chi connectivity index (χ1n) is 11.2. The smallest absolute Gasteiger partial charge is 0.328 e. The lowest BCUT2D eigenvalue weighted by molar-refractivity contribution is -0.142. The number of halogens is 2. The van der Waals surface area contributed by atoms with Crippen LogP contribution in [0.1, 0.15) is 21.5 Å². The van der Waals surface area contributed by atoms with Gasteiger partial charge in [0.25, 0.3) is 15.9 Å². The van der Waals surface area contributed by atoms with Gasteiger partial charge in [-0.05, 0) is 70.4 Å². The van der Waals surface area contributed by atoms with Gasteiger partial charge >= 0.3 is 5.97 Å². The molecule has 0 bridgehead atoms. The van der Waals surface area contributed by atoms with E-state index in [-0.39, 0.29) is 32.6 Å². The van der Waals surface area contributed by atoms with Crippen molar-refractivity contribution in [3.63, 3.8) is 0 Å². The van der Waals surface area contributed by atoms with Gasteiger partial charge in [-0.25, -0.2) is 17.6 Å². The summed E-state index contributed by atoms with van der Waals surface area (Å²) in [4.78, 5) is 33.9.